The first-order valence-corrected chi connectivity index (χ1v) is 8.13. The van der Waals surface area contributed by atoms with Crippen molar-refractivity contribution in [1.29, 1.82) is 0 Å². The van der Waals surface area contributed by atoms with Gasteiger partial charge in [0.1, 0.15) is 9.84 Å². The van der Waals surface area contributed by atoms with E-state index in [1.807, 2.05) is 0 Å². The molecule has 2 aliphatic rings. The van der Waals surface area contributed by atoms with Gasteiger partial charge in [-0.05, 0) is 25.7 Å². The van der Waals surface area contributed by atoms with E-state index in [2.05, 4.69) is 10.6 Å². The number of urea groups is 1. The lowest BCUT2D eigenvalue weighted by molar-refractivity contribution is -0.143. The van der Waals surface area contributed by atoms with Gasteiger partial charge in [0.15, 0.2) is 0 Å². The maximum absolute atomic E-state index is 11.6. The molecule has 1 saturated carbocycles. The second-order valence-corrected chi connectivity index (χ2v) is 7.64. The Morgan fingerprint density at radius 3 is 2.26 bits per heavy atom. The Balaban J connectivity index is 1.72. The predicted molar refractivity (Wildman–Crippen MR) is 67.5 cm³/mol. The second-order valence-electron chi connectivity index (χ2n) is 5.34. The Morgan fingerprint density at radius 1 is 1.21 bits per heavy atom. The maximum Gasteiger partial charge on any atom is 0.315 e. The number of amides is 2. The fourth-order valence-corrected chi connectivity index (χ4v) is 3.63. The van der Waals surface area contributed by atoms with Gasteiger partial charge in [-0.1, -0.05) is 0 Å². The fraction of sp³-hybridized carbons (Fsp3) is 0.818. The summed E-state index contributed by atoms with van der Waals surface area (Å²) in [5.74, 6) is -0.690. The van der Waals surface area contributed by atoms with Crippen LogP contribution in [-0.2, 0) is 14.6 Å². The molecule has 108 valence electrons. The zero-order chi connectivity index (χ0) is 14.1. The van der Waals surface area contributed by atoms with Crippen molar-refractivity contribution in [2.24, 2.45) is 5.41 Å². The molecule has 0 aromatic carbocycles. The van der Waals surface area contributed by atoms with Crippen LogP contribution in [-0.4, -0.2) is 49.6 Å². The molecule has 2 amide bonds. The SMILES string of the molecule is O=C(NCC1(C(=O)O)CC1)NC1CCS(=O)(=O)CC1. The van der Waals surface area contributed by atoms with E-state index < -0.39 is 27.3 Å². The summed E-state index contributed by atoms with van der Waals surface area (Å²) in [5.41, 5.74) is -0.784. The van der Waals surface area contributed by atoms with Crippen molar-refractivity contribution in [2.75, 3.05) is 18.1 Å². The number of nitrogens with one attached hydrogen (secondary N) is 2. The Labute approximate surface area is 111 Å². The van der Waals surface area contributed by atoms with Crippen LogP contribution in [0.2, 0.25) is 0 Å². The molecular formula is C11H18N2O5S. The molecule has 8 heteroatoms. The van der Waals surface area contributed by atoms with Crippen LogP contribution in [0.15, 0.2) is 0 Å². The van der Waals surface area contributed by atoms with Crippen molar-refractivity contribution in [3.63, 3.8) is 0 Å². The predicted octanol–water partition coefficient (Wildman–Crippen LogP) is -0.272. The highest BCUT2D eigenvalue weighted by atomic mass is 32.2. The normalized spacial score (nSPS) is 24.4. The Hall–Kier alpha value is -1.31. The van der Waals surface area contributed by atoms with Crippen LogP contribution >= 0.6 is 0 Å². The monoisotopic (exact) mass is 290 g/mol. The first-order chi connectivity index (χ1) is 8.83. The first kappa shape index (κ1) is 14.1. The van der Waals surface area contributed by atoms with Crippen LogP contribution in [0.5, 0.6) is 0 Å². The van der Waals surface area contributed by atoms with E-state index in [0.717, 1.165) is 0 Å². The van der Waals surface area contributed by atoms with Crippen LogP contribution in [0.4, 0.5) is 4.79 Å². The molecule has 1 heterocycles. The lowest BCUT2D eigenvalue weighted by Gasteiger charge is -2.23. The molecule has 0 aromatic heterocycles. The zero-order valence-corrected chi connectivity index (χ0v) is 11.3. The minimum absolute atomic E-state index is 0.0943. The lowest BCUT2D eigenvalue weighted by Crippen LogP contribution is -2.47. The third-order valence-corrected chi connectivity index (χ3v) is 5.50. The number of carboxylic acid groups (broad SMARTS) is 1. The molecule has 1 aliphatic heterocycles. The van der Waals surface area contributed by atoms with Gasteiger partial charge < -0.3 is 15.7 Å². The molecule has 0 atom stereocenters. The summed E-state index contributed by atoms with van der Waals surface area (Å²) in [4.78, 5) is 22.5. The van der Waals surface area contributed by atoms with Gasteiger partial charge in [-0.25, -0.2) is 13.2 Å². The molecule has 1 aliphatic carbocycles. The van der Waals surface area contributed by atoms with Gasteiger partial charge >= 0.3 is 12.0 Å². The van der Waals surface area contributed by atoms with E-state index in [1.165, 1.54) is 0 Å². The highest BCUT2D eigenvalue weighted by molar-refractivity contribution is 7.91. The Morgan fingerprint density at radius 2 is 1.79 bits per heavy atom. The molecule has 0 radical (unpaired) electrons. The molecule has 2 fully saturated rings. The summed E-state index contributed by atoms with van der Waals surface area (Å²) < 4.78 is 22.5. The number of aliphatic carboxylic acids is 1. The number of carbonyl (C=O) groups excluding carboxylic acids is 1. The molecule has 0 bridgehead atoms. The summed E-state index contributed by atoms with van der Waals surface area (Å²) >= 11 is 0. The van der Waals surface area contributed by atoms with Crippen molar-refractivity contribution in [3.05, 3.63) is 0 Å². The topological polar surface area (TPSA) is 113 Å². The first-order valence-electron chi connectivity index (χ1n) is 6.31. The number of rotatable bonds is 4. The molecule has 7 nitrogen and oxygen atoms in total. The van der Waals surface area contributed by atoms with Crippen LogP contribution in [0.1, 0.15) is 25.7 Å². The van der Waals surface area contributed by atoms with Crippen molar-refractivity contribution < 1.29 is 23.1 Å². The van der Waals surface area contributed by atoms with E-state index in [1.54, 1.807) is 0 Å². The Kier molecular flexibility index (Phi) is 3.71. The van der Waals surface area contributed by atoms with Crippen LogP contribution < -0.4 is 10.6 Å². The standard InChI is InChI=1S/C11H18N2O5S/c14-9(15)11(3-4-11)7-12-10(16)13-8-1-5-19(17,18)6-2-8/h8H,1-7H2,(H,14,15)(H2,12,13,16). The fourth-order valence-electron chi connectivity index (χ4n) is 2.14. The van der Waals surface area contributed by atoms with Crippen LogP contribution in [0, 0.1) is 5.41 Å². The van der Waals surface area contributed by atoms with E-state index in [4.69, 9.17) is 5.11 Å². The molecule has 0 aromatic rings. The quantitative estimate of drug-likeness (QED) is 0.659. The van der Waals surface area contributed by atoms with Gasteiger partial charge in [0.25, 0.3) is 0 Å². The number of carbonyl (C=O) groups is 2. The number of hydrogen-bond donors (Lipinski definition) is 3. The summed E-state index contributed by atoms with van der Waals surface area (Å²) in [6.45, 7) is 0.124. The summed E-state index contributed by atoms with van der Waals surface area (Å²) in [6.07, 6.45) is 2.01. The van der Waals surface area contributed by atoms with Gasteiger partial charge in [-0.15, -0.1) is 0 Å². The smallest absolute Gasteiger partial charge is 0.315 e. The van der Waals surface area contributed by atoms with E-state index in [9.17, 15) is 18.0 Å². The molecule has 0 unspecified atom stereocenters. The summed E-state index contributed by atoms with van der Waals surface area (Å²) in [6, 6.07) is -0.569. The number of carboxylic acids is 1. The zero-order valence-electron chi connectivity index (χ0n) is 10.5. The number of sulfone groups is 1. The van der Waals surface area contributed by atoms with Crippen molar-refractivity contribution >= 4 is 21.8 Å². The van der Waals surface area contributed by atoms with Crippen molar-refractivity contribution in [2.45, 2.75) is 31.7 Å². The molecule has 0 spiro atoms. The highest BCUT2D eigenvalue weighted by Crippen LogP contribution is 2.45. The van der Waals surface area contributed by atoms with E-state index in [0.29, 0.717) is 25.7 Å². The third-order valence-electron chi connectivity index (χ3n) is 3.78. The molecular weight excluding hydrogens is 272 g/mol. The minimum Gasteiger partial charge on any atom is -0.481 e. The van der Waals surface area contributed by atoms with Gasteiger partial charge in [-0.3, -0.25) is 4.79 Å². The van der Waals surface area contributed by atoms with Crippen LogP contribution in [0.25, 0.3) is 0 Å². The van der Waals surface area contributed by atoms with Crippen LogP contribution in [0.3, 0.4) is 0 Å². The second kappa shape index (κ2) is 4.99. The third kappa shape index (κ3) is 3.59. The largest absolute Gasteiger partial charge is 0.481 e. The van der Waals surface area contributed by atoms with Crippen molar-refractivity contribution in [1.82, 2.24) is 10.6 Å². The minimum atomic E-state index is -2.94. The van der Waals surface area contributed by atoms with Gasteiger partial charge in [0, 0.05) is 12.6 Å². The number of hydrogen-bond acceptors (Lipinski definition) is 4. The van der Waals surface area contributed by atoms with Gasteiger partial charge in [-0.2, -0.15) is 0 Å². The van der Waals surface area contributed by atoms with E-state index in [-0.39, 0.29) is 24.1 Å². The molecule has 2 rings (SSSR count). The molecule has 1 saturated heterocycles. The highest BCUT2D eigenvalue weighted by Gasteiger charge is 2.50. The average Bonchev–Trinajstić information content (AvgIpc) is 3.11. The lowest BCUT2D eigenvalue weighted by atomic mass is 10.1. The average molecular weight is 290 g/mol. The van der Waals surface area contributed by atoms with Gasteiger partial charge in [0.05, 0.1) is 16.9 Å². The van der Waals surface area contributed by atoms with E-state index >= 15 is 0 Å². The van der Waals surface area contributed by atoms with Crippen molar-refractivity contribution in [3.8, 4) is 0 Å². The molecule has 19 heavy (non-hydrogen) atoms. The van der Waals surface area contributed by atoms with Gasteiger partial charge in [0.2, 0.25) is 0 Å². The summed E-state index contributed by atoms with van der Waals surface area (Å²) in [5, 5.41) is 14.2. The molecule has 3 N–H and O–H groups in total. The summed E-state index contributed by atoms with van der Waals surface area (Å²) in [7, 11) is -2.94. The Bertz CT molecular complexity index is 469. The maximum atomic E-state index is 11.6.